The molecule has 0 aliphatic carbocycles. The monoisotopic (exact) mass is 473 g/mol. The highest BCUT2D eigenvalue weighted by Crippen LogP contribution is 2.36. The van der Waals surface area contributed by atoms with Crippen molar-refractivity contribution in [2.75, 3.05) is 13.2 Å². The summed E-state index contributed by atoms with van der Waals surface area (Å²) >= 11 is 1.62. The van der Waals surface area contributed by atoms with Crippen molar-refractivity contribution < 1.29 is 19.1 Å². The van der Waals surface area contributed by atoms with E-state index < -0.39 is 11.7 Å². The number of carbonyl (C=O) groups is 2. The van der Waals surface area contributed by atoms with E-state index in [0.717, 1.165) is 33.6 Å². The fourth-order valence-corrected chi connectivity index (χ4v) is 5.10. The summed E-state index contributed by atoms with van der Waals surface area (Å²) < 4.78 is 11.8. The van der Waals surface area contributed by atoms with Crippen molar-refractivity contribution in [1.82, 2.24) is 15.2 Å². The Morgan fingerprint density at radius 3 is 2.82 bits per heavy atom. The van der Waals surface area contributed by atoms with E-state index in [4.69, 9.17) is 14.5 Å². The predicted molar refractivity (Wildman–Crippen MR) is 132 cm³/mol. The molecule has 8 heteroatoms. The van der Waals surface area contributed by atoms with Crippen molar-refractivity contribution in [3.63, 3.8) is 0 Å². The van der Waals surface area contributed by atoms with Gasteiger partial charge in [0.15, 0.2) is 0 Å². The van der Waals surface area contributed by atoms with Crippen LogP contribution in [0.15, 0.2) is 30.9 Å². The van der Waals surface area contributed by atoms with Gasteiger partial charge in [-0.25, -0.2) is 14.6 Å². The maximum absolute atomic E-state index is 12.6. The van der Waals surface area contributed by atoms with Gasteiger partial charge < -0.3 is 19.7 Å². The van der Waals surface area contributed by atoms with Crippen LogP contribution in [0.1, 0.15) is 64.1 Å². The van der Waals surface area contributed by atoms with E-state index in [-0.39, 0.29) is 24.8 Å². The Morgan fingerprint density at radius 2 is 2.12 bits per heavy atom. The number of benzene rings is 1. The molecule has 1 saturated heterocycles. The number of carbonyl (C=O) groups excluding carboxylic acids is 2. The number of ether oxygens (including phenoxy) is 2. The zero-order valence-electron chi connectivity index (χ0n) is 20.2. The first-order valence-electron chi connectivity index (χ1n) is 11.5. The summed E-state index contributed by atoms with van der Waals surface area (Å²) in [6, 6.07) is 6.11. The minimum atomic E-state index is -0.529. The van der Waals surface area contributed by atoms with E-state index in [0.29, 0.717) is 18.9 Å². The van der Waals surface area contributed by atoms with Gasteiger partial charge in [0.1, 0.15) is 12.2 Å². The van der Waals surface area contributed by atoms with E-state index >= 15 is 0 Å². The van der Waals surface area contributed by atoms with Gasteiger partial charge in [-0.1, -0.05) is 25.6 Å². The number of hydrogen-bond donors (Lipinski definition) is 1. The number of alkyl carbamates (subject to hydrolysis) is 1. The Labute approximate surface area is 200 Å². The SMILES string of the molecule is C=CCOC(=O)N1CC(C)CCC1c1ccc2sc(C[C@H](C)NC(=O)OC(C)(C)C)nc2c1. The number of amides is 2. The van der Waals surface area contributed by atoms with Gasteiger partial charge in [-0.15, -0.1) is 11.3 Å². The first kappa shape index (κ1) is 25.0. The molecule has 3 rings (SSSR count). The second-order valence-corrected chi connectivity index (χ2v) is 10.9. The third-order valence-electron chi connectivity index (χ3n) is 5.46. The Morgan fingerprint density at radius 1 is 1.36 bits per heavy atom. The smallest absolute Gasteiger partial charge is 0.410 e. The molecule has 3 atom stereocenters. The highest BCUT2D eigenvalue weighted by molar-refractivity contribution is 7.18. The van der Waals surface area contributed by atoms with E-state index in [1.54, 1.807) is 17.4 Å². The molecule has 0 radical (unpaired) electrons. The van der Waals surface area contributed by atoms with E-state index in [2.05, 4.69) is 37.0 Å². The lowest BCUT2D eigenvalue weighted by Crippen LogP contribution is -2.41. The summed E-state index contributed by atoms with van der Waals surface area (Å²) in [5.41, 5.74) is 1.45. The number of thiazole rings is 1. The van der Waals surface area contributed by atoms with Gasteiger partial charge in [0.2, 0.25) is 0 Å². The quantitative estimate of drug-likeness (QED) is 0.533. The summed E-state index contributed by atoms with van der Waals surface area (Å²) in [6.07, 6.45) is 3.44. The molecule has 1 aliphatic heterocycles. The van der Waals surface area contributed by atoms with Gasteiger partial charge in [-0.2, -0.15) is 0 Å². The molecule has 7 nitrogen and oxygen atoms in total. The maximum Gasteiger partial charge on any atom is 0.410 e. The number of nitrogens with one attached hydrogen (secondary N) is 1. The molecular weight excluding hydrogens is 438 g/mol. The van der Waals surface area contributed by atoms with Gasteiger partial charge in [0, 0.05) is 19.0 Å². The van der Waals surface area contributed by atoms with Crippen LogP contribution in [-0.2, 0) is 15.9 Å². The van der Waals surface area contributed by atoms with Crippen LogP contribution < -0.4 is 5.32 Å². The minimum absolute atomic E-state index is 0.0270. The van der Waals surface area contributed by atoms with Crippen molar-refractivity contribution in [1.29, 1.82) is 0 Å². The van der Waals surface area contributed by atoms with Crippen LogP contribution in [0.4, 0.5) is 9.59 Å². The third-order valence-corrected chi connectivity index (χ3v) is 6.52. The number of likely N-dealkylation sites (tertiary alicyclic amines) is 1. The van der Waals surface area contributed by atoms with Crippen molar-refractivity contribution in [2.24, 2.45) is 5.92 Å². The fraction of sp³-hybridized carbons (Fsp3) is 0.560. The Balaban J connectivity index is 1.72. The highest BCUT2D eigenvalue weighted by Gasteiger charge is 2.32. The van der Waals surface area contributed by atoms with Crippen molar-refractivity contribution in [2.45, 2.75) is 71.6 Å². The number of fused-ring (bicyclic) bond motifs is 1. The van der Waals surface area contributed by atoms with E-state index in [1.165, 1.54) is 0 Å². The van der Waals surface area contributed by atoms with Crippen LogP contribution in [-0.4, -0.2) is 46.9 Å². The van der Waals surface area contributed by atoms with E-state index in [9.17, 15) is 9.59 Å². The van der Waals surface area contributed by atoms with Crippen LogP contribution in [0.25, 0.3) is 10.2 Å². The second kappa shape index (κ2) is 10.5. The Hall–Kier alpha value is -2.61. The average molecular weight is 474 g/mol. The number of rotatable bonds is 6. The lowest BCUT2D eigenvalue weighted by atomic mass is 9.90. The average Bonchev–Trinajstić information content (AvgIpc) is 3.11. The maximum atomic E-state index is 12.6. The molecule has 1 aliphatic rings. The number of piperidine rings is 1. The van der Waals surface area contributed by atoms with Gasteiger partial charge in [0.25, 0.3) is 0 Å². The first-order valence-corrected chi connectivity index (χ1v) is 12.3. The number of nitrogens with zero attached hydrogens (tertiary/aromatic N) is 2. The fourth-order valence-electron chi connectivity index (χ4n) is 4.02. The molecule has 0 bridgehead atoms. The van der Waals surface area contributed by atoms with Crippen LogP contribution in [0.2, 0.25) is 0 Å². The molecule has 33 heavy (non-hydrogen) atoms. The third kappa shape index (κ3) is 6.93. The summed E-state index contributed by atoms with van der Waals surface area (Å²) in [7, 11) is 0. The molecule has 180 valence electrons. The van der Waals surface area contributed by atoms with Gasteiger partial charge in [-0.05, 0) is 64.2 Å². The van der Waals surface area contributed by atoms with Crippen LogP contribution >= 0.6 is 11.3 Å². The molecule has 2 heterocycles. The van der Waals surface area contributed by atoms with Crippen LogP contribution in [0, 0.1) is 5.92 Å². The molecule has 2 unspecified atom stereocenters. The van der Waals surface area contributed by atoms with Gasteiger partial charge >= 0.3 is 12.2 Å². The van der Waals surface area contributed by atoms with Crippen LogP contribution in [0.5, 0.6) is 0 Å². The van der Waals surface area contributed by atoms with E-state index in [1.807, 2.05) is 32.6 Å². The summed E-state index contributed by atoms with van der Waals surface area (Å²) in [4.78, 5) is 31.3. The van der Waals surface area contributed by atoms with Crippen molar-refractivity contribution in [3.05, 3.63) is 41.4 Å². The molecule has 2 aromatic rings. The zero-order valence-corrected chi connectivity index (χ0v) is 21.0. The Bertz CT molecular complexity index is 997. The van der Waals surface area contributed by atoms with Crippen LogP contribution in [0.3, 0.4) is 0 Å². The summed E-state index contributed by atoms with van der Waals surface area (Å²) in [5.74, 6) is 0.436. The lowest BCUT2D eigenvalue weighted by Gasteiger charge is -2.38. The number of aromatic nitrogens is 1. The molecule has 1 aromatic heterocycles. The highest BCUT2D eigenvalue weighted by atomic mass is 32.1. The predicted octanol–water partition coefficient (Wildman–Crippen LogP) is 5.85. The standard InChI is InChI=1S/C25H35N3O4S/c1-7-12-31-24(30)28-15-16(2)8-10-20(28)18-9-11-21-19(14-18)27-22(33-21)13-17(3)26-23(29)32-25(4,5)6/h7,9,11,14,16-17,20H,1,8,10,12-13,15H2,2-6H3,(H,26,29)/t16?,17-,20?/m0/s1. The summed E-state index contributed by atoms with van der Waals surface area (Å²) in [6.45, 7) is 14.1. The van der Waals surface area contributed by atoms with Gasteiger partial charge in [0.05, 0.1) is 21.3 Å². The zero-order chi connectivity index (χ0) is 24.2. The number of hydrogen-bond acceptors (Lipinski definition) is 6. The summed E-state index contributed by atoms with van der Waals surface area (Å²) in [5, 5.41) is 3.82. The lowest BCUT2D eigenvalue weighted by molar-refractivity contribution is 0.0508. The Kier molecular flexibility index (Phi) is 8.00. The molecule has 2 amide bonds. The topological polar surface area (TPSA) is 80.8 Å². The van der Waals surface area contributed by atoms with Crippen molar-refractivity contribution in [3.8, 4) is 0 Å². The molecular formula is C25H35N3O4S. The minimum Gasteiger partial charge on any atom is -0.445 e. The normalized spacial score (nSPS) is 19.7. The largest absolute Gasteiger partial charge is 0.445 e. The molecule has 0 spiro atoms. The molecule has 1 N–H and O–H groups in total. The van der Waals surface area contributed by atoms with Gasteiger partial charge in [-0.3, -0.25) is 0 Å². The molecule has 1 fully saturated rings. The second-order valence-electron chi connectivity index (χ2n) is 9.80. The molecule has 1 aromatic carbocycles. The first-order chi connectivity index (χ1) is 15.6. The van der Waals surface area contributed by atoms with Crippen molar-refractivity contribution >= 4 is 33.7 Å². The molecule has 0 saturated carbocycles.